The van der Waals surface area contributed by atoms with Gasteiger partial charge in [0.15, 0.2) is 11.5 Å². The van der Waals surface area contributed by atoms with Crippen molar-refractivity contribution in [1.82, 2.24) is 9.55 Å². The topological polar surface area (TPSA) is 219 Å². The van der Waals surface area contributed by atoms with Gasteiger partial charge in [-0.05, 0) is 31.0 Å². The van der Waals surface area contributed by atoms with Crippen LogP contribution in [0.25, 0.3) is 10.4 Å². The van der Waals surface area contributed by atoms with Gasteiger partial charge in [0, 0.05) is 29.5 Å². The van der Waals surface area contributed by atoms with E-state index in [4.69, 9.17) is 38.7 Å². The van der Waals surface area contributed by atoms with E-state index in [-0.39, 0.29) is 60.9 Å². The fourth-order valence-electron chi connectivity index (χ4n) is 4.00. The zero-order chi connectivity index (χ0) is 30.8. The SMILES string of the molecule is COc1cc(C(=O)OC(=O)CCCOC(=O)OC[C@H]2O[C@@H](n3cc(C)c(=O)[nH]c3=O)C[C@@H]2N=[N+]=[N-])cc(OC)c1OC. The predicted molar refractivity (Wildman–Crippen MR) is 141 cm³/mol. The highest BCUT2D eigenvalue weighted by Gasteiger charge is 2.37. The quantitative estimate of drug-likeness (QED) is 0.0937. The Hall–Kier alpha value is -5.02. The summed E-state index contributed by atoms with van der Waals surface area (Å²) in [4.78, 5) is 65.3. The largest absolute Gasteiger partial charge is 0.508 e. The number of esters is 2. The average Bonchev–Trinajstić information content (AvgIpc) is 3.37. The summed E-state index contributed by atoms with van der Waals surface area (Å²) in [7, 11) is 4.14. The molecule has 3 rings (SSSR count). The van der Waals surface area contributed by atoms with Gasteiger partial charge in [0.25, 0.3) is 5.56 Å². The first-order chi connectivity index (χ1) is 20.1. The maximum absolute atomic E-state index is 12.4. The summed E-state index contributed by atoms with van der Waals surface area (Å²) < 4.78 is 37.2. The molecule has 1 aliphatic rings. The first-order valence-corrected chi connectivity index (χ1v) is 12.5. The van der Waals surface area contributed by atoms with Gasteiger partial charge < -0.3 is 33.2 Å². The Balaban J connectivity index is 1.45. The summed E-state index contributed by atoms with van der Waals surface area (Å²) in [6.07, 6.45) is -1.66. The minimum Gasteiger partial charge on any atom is -0.493 e. The van der Waals surface area contributed by atoms with Gasteiger partial charge in [0.05, 0.1) is 39.5 Å². The van der Waals surface area contributed by atoms with E-state index in [0.29, 0.717) is 0 Å². The van der Waals surface area contributed by atoms with Crippen molar-refractivity contribution in [3.63, 3.8) is 0 Å². The number of carbonyl (C=O) groups is 3. The molecule has 0 spiro atoms. The van der Waals surface area contributed by atoms with Crippen LogP contribution in [0.4, 0.5) is 4.79 Å². The van der Waals surface area contributed by atoms with E-state index < -0.39 is 47.7 Å². The number of aromatic amines is 1. The smallest absolute Gasteiger partial charge is 0.493 e. The van der Waals surface area contributed by atoms with Crippen molar-refractivity contribution in [1.29, 1.82) is 0 Å². The van der Waals surface area contributed by atoms with E-state index in [2.05, 4.69) is 15.0 Å². The third kappa shape index (κ3) is 7.80. The summed E-state index contributed by atoms with van der Waals surface area (Å²) in [6, 6.07) is 1.89. The molecule has 226 valence electrons. The van der Waals surface area contributed by atoms with E-state index >= 15 is 0 Å². The third-order valence-electron chi connectivity index (χ3n) is 6.08. The molecule has 0 saturated carbocycles. The summed E-state index contributed by atoms with van der Waals surface area (Å²) in [5.74, 6) is -1.14. The molecule has 3 atom stereocenters. The monoisotopic (exact) mass is 591 g/mol. The van der Waals surface area contributed by atoms with Gasteiger partial charge >= 0.3 is 23.8 Å². The van der Waals surface area contributed by atoms with Crippen LogP contribution < -0.4 is 25.5 Å². The van der Waals surface area contributed by atoms with E-state index in [9.17, 15) is 24.0 Å². The molecule has 1 aromatic carbocycles. The number of aryl methyl sites for hydroxylation is 1. The van der Waals surface area contributed by atoms with Crippen LogP contribution in [0.3, 0.4) is 0 Å². The lowest BCUT2D eigenvalue weighted by Crippen LogP contribution is -2.33. The number of azide groups is 1. The summed E-state index contributed by atoms with van der Waals surface area (Å²) >= 11 is 0. The molecular weight excluding hydrogens is 562 g/mol. The number of ether oxygens (including phenoxy) is 7. The molecule has 1 fully saturated rings. The molecule has 0 amide bonds. The molecule has 1 saturated heterocycles. The Morgan fingerprint density at radius 2 is 1.81 bits per heavy atom. The number of aromatic nitrogens is 2. The van der Waals surface area contributed by atoms with Gasteiger partial charge in [-0.15, -0.1) is 0 Å². The second-order valence-electron chi connectivity index (χ2n) is 8.80. The number of benzene rings is 1. The van der Waals surface area contributed by atoms with Gasteiger partial charge in [-0.3, -0.25) is 19.1 Å². The minimum absolute atomic E-state index is 0.00588. The molecule has 2 heterocycles. The number of carbonyl (C=O) groups excluding carboxylic acids is 3. The van der Waals surface area contributed by atoms with Crippen LogP contribution >= 0.6 is 0 Å². The van der Waals surface area contributed by atoms with Crippen molar-refractivity contribution in [2.45, 2.75) is 44.6 Å². The fraction of sp³-hybridized carbons (Fsp3) is 0.480. The molecule has 17 nitrogen and oxygen atoms in total. The second-order valence-corrected chi connectivity index (χ2v) is 8.80. The Bertz CT molecular complexity index is 1450. The van der Waals surface area contributed by atoms with Crippen molar-refractivity contribution in [2.24, 2.45) is 5.11 Å². The van der Waals surface area contributed by atoms with Crippen LogP contribution in [0.15, 0.2) is 33.0 Å². The molecule has 42 heavy (non-hydrogen) atoms. The number of H-pyrrole nitrogens is 1. The number of hydrogen-bond acceptors (Lipinski definition) is 13. The zero-order valence-electron chi connectivity index (χ0n) is 23.2. The number of hydrogen-bond donors (Lipinski definition) is 1. The second kappa shape index (κ2) is 14.6. The Morgan fingerprint density at radius 1 is 1.12 bits per heavy atom. The van der Waals surface area contributed by atoms with Gasteiger partial charge in [-0.1, -0.05) is 5.11 Å². The summed E-state index contributed by atoms with van der Waals surface area (Å²) in [6.45, 7) is 0.923. The molecule has 1 aliphatic heterocycles. The maximum Gasteiger partial charge on any atom is 0.508 e. The zero-order valence-corrected chi connectivity index (χ0v) is 23.2. The molecule has 2 aromatic rings. The Morgan fingerprint density at radius 3 is 2.43 bits per heavy atom. The van der Waals surface area contributed by atoms with Crippen LogP contribution in [-0.4, -0.2) is 74.3 Å². The Labute approximate surface area is 237 Å². The van der Waals surface area contributed by atoms with E-state index in [1.807, 2.05) is 0 Å². The van der Waals surface area contributed by atoms with Crippen LogP contribution in [0.5, 0.6) is 17.2 Å². The summed E-state index contributed by atoms with van der Waals surface area (Å²) in [5.41, 5.74) is 7.89. The van der Waals surface area contributed by atoms with Crippen molar-refractivity contribution in [3.05, 3.63) is 60.7 Å². The lowest BCUT2D eigenvalue weighted by molar-refractivity contribution is -0.138. The molecule has 1 aromatic heterocycles. The first kappa shape index (κ1) is 31.5. The number of nitrogens with zero attached hydrogens (tertiary/aromatic N) is 4. The molecular formula is C25H29N5O12. The highest BCUT2D eigenvalue weighted by Crippen LogP contribution is 2.38. The van der Waals surface area contributed by atoms with Gasteiger partial charge in [-0.25, -0.2) is 14.4 Å². The van der Waals surface area contributed by atoms with Crippen molar-refractivity contribution in [3.8, 4) is 17.2 Å². The number of methoxy groups -OCH3 is 3. The highest BCUT2D eigenvalue weighted by atomic mass is 16.7. The molecule has 0 unspecified atom stereocenters. The van der Waals surface area contributed by atoms with Crippen LogP contribution in [0.1, 0.15) is 41.4 Å². The van der Waals surface area contributed by atoms with E-state index in [1.165, 1.54) is 46.6 Å². The van der Waals surface area contributed by atoms with Gasteiger partial charge in [0.2, 0.25) is 5.75 Å². The Kier molecular flexibility index (Phi) is 10.9. The van der Waals surface area contributed by atoms with Gasteiger partial charge in [0.1, 0.15) is 18.9 Å². The molecule has 0 radical (unpaired) electrons. The first-order valence-electron chi connectivity index (χ1n) is 12.5. The highest BCUT2D eigenvalue weighted by molar-refractivity contribution is 5.97. The maximum atomic E-state index is 12.4. The van der Waals surface area contributed by atoms with Crippen molar-refractivity contribution >= 4 is 18.1 Å². The lowest BCUT2D eigenvalue weighted by Gasteiger charge is -2.16. The van der Waals surface area contributed by atoms with Gasteiger partial charge in [-0.2, -0.15) is 0 Å². The molecule has 0 bridgehead atoms. The predicted octanol–water partition coefficient (Wildman–Crippen LogP) is 2.15. The summed E-state index contributed by atoms with van der Waals surface area (Å²) in [5, 5.41) is 3.63. The lowest BCUT2D eigenvalue weighted by atomic mass is 10.1. The average molecular weight is 592 g/mol. The molecule has 0 aliphatic carbocycles. The van der Waals surface area contributed by atoms with E-state index in [0.717, 1.165) is 4.57 Å². The number of nitrogens with one attached hydrogen (secondary N) is 1. The third-order valence-corrected chi connectivity index (χ3v) is 6.08. The van der Waals surface area contributed by atoms with Crippen LogP contribution in [0, 0.1) is 6.92 Å². The molecule has 17 heteroatoms. The number of rotatable bonds is 12. The minimum atomic E-state index is -1.08. The van der Waals surface area contributed by atoms with Crippen LogP contribution in [0.2, 0.25) is 0 Å². The normalized spacial score (nSPS) is 17.5. The van der Waals surface area contributed by atoms with E-state index in [1.54, 1.807) is 0 Å². The van der Waals surface area contributed by atoms with Crippen molar-refractivity contribution in [2.75, 3.05) is 34.5 Å². The molecule has 1 N–H and O–H groups in total. The standard InChI is InChI=1S/C25H29N5O12/c1-13-11-30(24(34)27-22(13)32)19-10-15(28-29-26)18(41-19)12-40-25(35)39-7-5-6-20(31)42-23(33)14-8-16(36-2)21(38-4)17(9-14)37-3/h8-9,11,15,18-19H,5-7,10,12H2,1-4H3,(H,27,32,34)/t15-,18+,19+/m0/s1. The fourth-order valence-corrected chi connectivity index (χ4v) is 4.00. The van der Waals surface area contributed by atoms with Crippen LogP contribution in [-0.2, 0) is 23.7 Å². The van der Waals surface area contributed by atoms with Crippen molar-refractivity contribution < 1.29 is 47.5 Å².